The highest BCUT2D eigenvalue weighted by atomic mass is 16.2. The van der Waals surface area contributed by atoms with E-state index in [4.69, 9.17) is 0 Å². The van der Waals surface area contributed by atoms with Crippen LogP contribution in [-0.4, -0.2) is 35.8 Å². The van der Waals surface area contributed by atoms with Gasteiger partial charge in [0, 0.05) is 32.0 Å². The third-order valence-corrected chi connectivity index (χ3v) is 7.50. The van der Waals surface area contributed by atoms with E-state index in [0.29, 0.717) is 23.7 Å². The van der Waals surface area contributed by atoms with Gasteiger partial charge < -0.3 is 10.2 Å². The number of carbonyl (C=O) groups is 2. The summed E-state index contributed by atoms with van der Waals surface area (Å²) >= 11 is 0. The molecule has 0 spiro atoms. The van der Waals surface area contributed by atoms with Crippen molar-refractivity contribution in [3.63, 3.8) is 0 Å². The van der Waals surface area contributed by atoms with E-state index in [1.54, 1.807) is 0 Å². The van der Waals surface area contributed by atoms with E-state index < -0.39 is 0 Å². The van der Waals surface area contributed by atoms with Crippen LogP contribution in [0.2, 0.25) is 0 Å². The molecule has 4 bridgehead atoms. The fraction of sp³-hybridized carbons (Fsp3) is 0.909. The first-order chi connectivity index (χ1) is 12.4. The maximum absolute atomic E-state index is 13.0. The smallest absolute Gasteiger partial charge is 0.223 e. The fourth-order valence-corrected chi connectivity index (χ4v) is 6.87. The van der Waals surface area contributed by atoms with Gasteiger partial charge in [-0.25, -0.2) is 0 Å². The third-order valence-electron chi connectivity index (χ3n) is 7.50. The number of amides is 2. The molecule has 0 radical (unpaired) electrons. The summed E-state index contributed by atoms with van der Waals surface area (Å²) in [5, 5.41) is 3.16. The maximum atomic E-state index is 13.0. The zero-order valence-electron chi connectivity index (χ0n) is 16.6. The molecule has 26 heavy (non-hydrogen) atoms. The second kappa shape index (κ2) is 7.16. The molecular formula is C22H36N2O2. The van der Waals surface area contributed by atoms with E-state index in [-0.39, 0.29) is 11.9 Å². The van der Waals surface area contributed by atoms with Gasteiger partial charge in [-0.15, -0.1) is 0 Å². The molecule has 1 saturated heterocycles. The Morgan fingerprint density at radius 1 is 1.00 bits per heavy atom. The summed E-state index contributed by atoms with van der Waals surface area (Å²) in [5.74, 6) is 3.69. The zero-order valence-corrected chi connectivity index (χ0v) is 16.6. The lowest BCUT2D eigenvalue weighted by Gasteiger charge is -2.57. The molecule has 0 aromatic heterocycles. The van der Waals surface area contributed by atoms with Gasteiger partial charge in [-0.1, -0.05) is 13.8 Å². The van der Waals surface area contributed by atoms with E-state index in [0.717, 1.165) is 50.1 Å². The monoisotopic (exact) mass is 360 g/mol. The molecule has 5 fully saturated rings. The van der Waals surface area contributed by atoms with Crippen LogP contribution in [0.15, 0.2) is 0 Å². The average Bonchev–Trinajstić information content (AvgIpc) is 2.52. The molecule has 4 aliphatic carbocycles. The van der Waals surface area contributed by atoms with Crippen LogP contribution >= 0.6 is 0 Å². The molecule has 0 aromatic carbocycles. The van der Waals surface area contributed by atoms with Gasteiger partial charge in [-0.3, -0.25) is 9.59 Å². The Morgan fingerprint density at radius 2 is 1.54 bits per heavy atom. The summed E-state index contributed by atoms with van der Waals surface area (Å²) in [5.41, 5.74) is 0.341. The molecule has 5 aliphatic rings. The summed E-state index contributed by atoms with van der Waals surface area (Å²) in [4.78, 5) is 27.0. The largest absolute Gasteiger partial charge is 0.353 e. The van der Waals surface area contributed by atoms with Crippen molar-refractivity contribution >= 4 is 11.8 Å². The molecule has 1 heterocycles. The van der Waals surface area contributed by atoms with Crippen LogP contribution in [-0.2, 0) is 9.59 Å². The van der Waals surface area contributed by atoms with Crippen LogP contribution in [0.1, 0.15) is 78.1 Å². The minimum absolute atomic E-state index is 0.165. The SMILES string of the molecule is CC(C)CC(=O)NC1CCN(C(=O)CC23CC4CC(CC(C4)C2)C3)CC1. The highest BCUT2D eigenvalue weighted by Crippen LogP contribution is 2.61. The molecule has 4 saturated carbocycles. The molecule has 1 N–H and O–H groups in total. The summed E-state index contributed by atoms with van der Waals surface area (Å²) < 4.78 is 0. The van der Waals surface area contributed by atoms with Crippen LogP contribution in [0.5, 0.6) is 0 Å². The first-order valence-electron chi connectivity index (χ1n) is 11.0. The number of hydrogen-bond acceptors (Lipinski definition) is 2. The maximum Gasteiger partial charge on any atom is 0.223 e. The Kier molecular flexibility index (Phi) is 5.04. The van der Waals surface area contributed by atoms with Crippen molar-refractivity contribution < 1.29 is 9.59 Å². The summed E-state index contributed by atoms with van der Waals surface area (Å²) in [6.45, 7) is 5.78. The second-order valence-electron chi connectivity index (χ2n) is 10.4. The van der Waals surface area contributed by atoms with Gasteiger partial charge in [0.1, 0.15) is 0 Å². The van der Waals surface area contributed by atoms with Crippen molar-refractivity contribution in [3.8, 4) is 0 Å². The average molecular weight is 361 g/mol. The van der Waals surface area contributed by atoms with Crippen molar-refractivity contribution in [3.05, 3.63) is 0 Å². The van der Waals surface area contributed by atoms with Crippen molar-refractivity contribution in [2.45, 2.75) is 84.1 Å². The van der Waals surface area contributed by atoms with Crippen molar-refractivity contribution in [1.82, 2.24) is 10.2 Å². The number of rotatable bonds is 5. The molecule has 4 heteroatoms. The number of carbonyl (C=O) groups excluding carboxylic acids is 2. The molecule has 5 rings (SSSR count). The lowest BCUT2D eigenvalue weighted by atomic mass is 9.49. The Balaban J connectivity index is 1.26. The number of likely N-dealkylation sites (tertiary alicyclic amines) is 1. The highest BCUT2D eigenvalue weighted by molar-refractivity contribution is 5.78. The number of nitrogens with zero attached hydrogens (tertiary/aromatic N) is 1. The van der Waals surface area contributed by atoms with Crippen molar-refractivity contribution in [2.75, 3.05) is 13.1 Å². The Bertz CT molecular complexity index is 513. The van der Waals surface area contributed by atoms with Gasteiger partial charge in [-0.05, 0) is 80.5 Å². The molecular weight excluding hydrogens is 324 g/mol. The quantitative estimate of drug-likeness (QED) is 0.812. The fourth-order valence-electron chi connectivity index (χ4n) is 6.87. The lowest BCUT2D eigenvalue weighted by Crippen LogP contribution is -2.50. The number of piperidine rings is 1. The molecule has 146 valence electrons. The topological polar surface area (TPSA) is 49.4 Å². The Hall–Kier alpha value is -1.06. The predicted molar refractivity (Wildman–Crippen MR) is 102 cm³/mol. The molecule has 0 aromatic rings. The van der Waals surface area contributed by atoms with Crippen LogP contribution in [0.3, 0.4) is 0 Å². The van der Waals surface area contributed by atoms with E-state index in [1.165, 1.54) is 38.5 Å². The minimum atomic E-state index is 0.165. The predicted octanol–water partition coefficient (Wildman–Crippen LogP) is 3.75. The van der Waals surface area contributed by atoms with Crippen LogP contribution < -0.4 is 5.32 Å². The van der Waals surface area contributed by atoms with E-state index >= 15 is 0 Å². The van der Waals surface area contributed by atoms with E-state index in [2.05, 4.69) is 24.1 Å². The molecule has 0 unspecified atom stereocenters. The van der Waals surface area contributed by atoms with Crippen molar-refractivity contribution in [2.24, 2.45) is 29.1 Å². The van der Waals surface area contributed by atoms with E-state index in [1.807, 2.05) is 0 Å². The van der Waals surface area contributed by atoms with E-state index in [9.17, 15) is 9.59 Å². The van der Waals surface area contributed by atoms with Crippen LogP contribution in [0, 0.1) is 29.1 Å². The Morgan fingerprint density at radius 3 is 2.04 bits per heavy atom. The van der Waals surface area contributed by atoms with Gasteiger partial charge in [0.15, 0.2) is 0 Å². The van der Waals surface area contributed by atoms with Crippen LogP contribution in [0.4, 0.5) is 0 Å². The molecule has 0 atom stereocenters. The lowest BCUT2D eigenvalue weighted by molar-refractivity contribution is -0.140. The summed E-state index contributed by atoms with van der Waals surface area (Å²) in [7, 11) is 0. The minimum Gasteiger partial charge on any atom is -0.353 e. The number of hydrogen-bond donors (Lipinski definition) is 1. The molecule has 4 nitrogen and oxygen atoms in total. The summed E-state index contributed by atoms with van der Waals surface area (Å²) in [6, 6.07) is 0.254. The van der Waals surface area contributed by atoms with Crippen LogP contribution in [0.25, 0.3) is 0 Å². The second-order valence-corrected chi connectivity index (χ2v) is 10.4. The van der Waals surface area contributed by atoms with Crippen molar-refractivity contribution in [1.29, 1.82) is 0 Å². The standard InChI is InChI=1S/C22H36N2O2/c1-15(2)7-20(25)23-19-3-5-24(6-4-19)21(26)14-22-11-16-8-17(12-22)10-18(9-16)13-22/h15-19H,3-14H2,1-2H3,(H,23,25). The summed E-state index contributed by atoms with van der Waals surface area (Å²) in [6.07, 6.45) is 11.5. The number of nitrogens with one attached hydrogen (secondary N) is 1. The highest BCUT2D eigenvalue weighted by Gasteiger charge is 2.51. The molecule has 2 amide bonds. The van der Waals surface area contributed by atoms with Gasteiger partial charge >= 0.3 is 0 Å². The van der Waals surface area contributed by atoms with Gasteiger partial charge in [0.25, 0.3) is 0 Å². The zero-order chi connectivity index (χ0) is 18.3. The third kappa shape index (κ3) is 3.94. The van der Waals surface area contributed by atoms with Gasteiger partial charge in [0.2, 0.25) is 11.8 Å². The first kappa shape index (κ1) is 18.3. The van der Waals surface area contributed by atoms with Gasteiger partial charge in [0.05, 0.1) is 0 Å². The first-order valence-corrected chi connectivity index (χ1v) is 11.0. The molecule has 1 aliphatic heterocycles. The van der Waals surface area contributed by atoms with Gasteiger partial charge in [-0.2, -0.15) is 0 Å². The normalized spacial score (nSPS) is 36.6. The Labute approximate surface area is 158 Å².